The summed E-state index contributed by atoms with van der Waals surface area (Å²) in [5.41, 5.74) is 0. The summed E-state index contributed by atoms with van der Waals surface area (Å²) < 4.78 is 16.7. The predicted molar refractivity (Wildman–Crippen MR) is 270 cm³/mol. The molecule has 0 aliphatic heterocycles. The summed E-state index contributed by atoms with van der Waals surface area (Å²) in [6.45, 7) is 6.42. The van der Waals surface area contributed by atoms with Gasteiger partial charge in [0.25, 0.3) is 0 Å². The molecule has 6 nitrogen and oxygen atoms in total. The molecule has 0 heterocycles. The van der Waals surface area contributed by atoms with Crippen LogP contribution in [-0.2, 0) is 28.6 Å². The van der Waals surface area contributed by atoms with Crippen molar-refractivity contribution < 1.29 is 28.6 Å². The molecule has 0 aromatic carbocycles. The Bertz CT molecular complexity index is 1280. The maximum Gasteiger partial charge on any atom is 0.306 e. The second-order valence-corrected chi connectivity index (χ2v) is 16.7. The molecule has 0 aliphatic carbocycles. The number of carbonyl (C=O) groups excluding carboxylic acids is 3. The van der Waals surface area contributed by atoms with Crippen molar-refractivity contribution in [2.45, 2.75) is 232 Å². The Hall–Kier alpha value is -3.67. The zero-order valence-electron chi connectivity index (χ0n) is 40.8. The van der Waals surface area contributed by atoms with Gasteiger partial charge >= 0.3 is 17.9 Å². The fourth-order valence-corrected chi connectivity index (χ4v) is 6.72. The van der Waals surface area contributed by atoms with E-state index in [1.807, 2.05) is 0 Å². The lowest BCUT2D eigenvalue weighted by Gasteiger charge is -2.18. The van der Waals surface area contributed by atoms with Gasteiger partial charge in [-0.1, -0.05) is 208 Å². The highest BCUT2D eigenvalue weighted by Crippen LogP contribution is 2.13. The summed E-state index contributed by atoms with van der Waals surface area (Å²) in [6.07, 6.45) is 66.8. The highest BCUT2D eigenvalue weighted by molar-refractivity contribution is 5.71. The van der Waals surface area contributed by atoms with Crippen LogP contribution in [0.15, 0.2) is 97.2 Å². The third-order valence-corrected chi connectivity index (χ3v) is 10.6. The largest absolute Gasteiger partial charge is 0.462 e. The van der Waals surface area contributed by atoms with E-state index < -0.39 is 6.10 Å². The maximum atomic E-state index is 12.7. The van der Waals surface area contributed by atoms with Crippen molar-refractivity contribution in [1.82, 2.24) is 0 Å². The first-order chi connectivity index (χ1) is 31.0. The molecule has 0 rings (SSSR count). The van der Waals surface area contributed by atoms with Crippen LogP contribution in [0, 0.1) is 0 Å². The van der Waals surface area contributed by atoms with Crippen LogP contribution >= 0.6 is 0 Å². The summed E-state index contributed by atoms with van der Waals surface area (Å²) in [5, 5.41) is 0. The Balaban J connectivity index is 4.42. The minimum atomic E-state index is -0.802. The zero-order valence-corrected chi connectivity index (χ0v) is 40.8. The lowest BCUT2D eigenvalue weighted by Crippen LogP contribution is -2.30. The summed E-state index contributed by atoms with van der Waals surface area (Å²) in [6, 6.07) is 0. The van der Waals surface area contributed by atoms with Crippen molar-refractivity contribution in [1.29, 1.82) is 0 Å². The molecule has 0 aromatic heterocycles. The average molecular weight is 875 g/mol. The quantitative estimate of drug-likeness (QED) is 0.0262. The van der Waals surface area contributed by atoms with E-state index in [1.165, 1.54) is 77.0 Å². The van der Waals surface area contributed by atoms with Crippen LogP contribution in [0.3, 0.4) is 0 Å². The molecule has 0 spiro atoms. The fraction of sp³-hybridized carbons (Fsp3) is 0.667. The molecule has 0 bridgehead atoms. The fourth-order valence-electron chi connectivity index (χ4n) is 6.72. The van der Waals surface area contributed by atoms with E-state index in [9.17, 15) is 14.4 Å². The topological polar surface area (TPSA) is 78.9 Å². The van der Waals surface area contributed by atoms with Gasteiger partial charge in [0.15, 0.2) is 6.10 Å². The van der Waals surface area contributed by atoms with Gasteiger partial charge in [0.05, 0.1) is 0 Å². The van der Waals surface area contributed by atoms with Crippen LogP contribution in [0.2, 0.25) is 0 Å². The lowest BCUT2D eigenvalue weighted by atomic mass is 10.1. The summed E-state index contributed by atoms with van der Waals surface area (Å²) in [5.74, 6) is -0.976. The molecule has 0 saturated carbocycles. The number of hydrogen-bond acceptors (Lipinski definition) is 6. The van der Waals surface area contributed by atoms with Crippen LogP contribution in [-0.4, -0.2) is 37.2 Å². The van der Waals surface area contributed by atoms with Crippen molar-refractivity contribution in [2.75, 3.05) is 13.2 Å². The van der Waals surface area contributed by atoms with Gasteiger partial charge in [0, 0.05) is 19.3 Å². The third kappa shape index (κ3) is 49.2. The molecule has 0 amide bonds. The lowest BCUT2D eigenvalue weighted by molar-refractivity contribution is -0.167. The first-order valence-electron chi connectivity index (χ1n) is 25.7. The van der Waals surface area contributed by atoms with E-state index >= 15 is 0 Å². The number of rotatable bonds is 45. The molecule has 63 heavy (non-hydrogen) atoms. The number of allylic oxidation sites excluding steroid dienone is 16. The van der Waals surface area contributed by atoms with Crippen molar-refractivity contribution in [3.05, 3.63) is 97.2 Å². The molecule has 0 aliphatic rings. The number of hydrogen-bond donors (Lipinski definition) is 0. The summed E-state index contributed by atoms with van der Waals surface area (Å²) in [4.78, 5) is 37.8. The Morgan fingerprint density at radius 2 is 0.635 bits per heavy atom. The van der Waals surface area contributed by atoms with Gasteiger partial charge in [0.2, 0.25) is 0 Å². The van der Waals surface area contributed by atoms with E-state index in [0.717, 1.165) is 103 Å². The first-order valence-corrected chi connectivity index (χ1v) is 25.7. The molecule has 1 unspecified atom stereocenters. The molecular weight excluding hydrogens is 781 g/mol. The van der Waals surface area contributed by atoms with Gasteiger partial charge in [-0.2, -0.15) is 0 Å². The van der Waals surface area contributed by atoms with Gasteiger partial charge in [-0.3, -0.25) is 14.4 Å². The van der Waals surface area contributed by atoms with E-state index in [1.54, 1.807) is 0 Å². The molecule has 0 radical (unpaired) electrons. The summed E-state index contributed by atoms with van der Waals surface area (Å²) in [7, 11) is 0. The normalized spacial score (nSPS) is 12.9. The van der Waals surface area contributed by atoms with Crippen molar-refractivity contribution >= 4 is 17.9 Å². The van der Waals surface area contributed by atoms with Crippen LogP contribution < -0.4 is 0 Å². The summed E-state index contributed by atoms with van der Waals surface area (Å²) >= 11 is 0. The smallest absolute Gasteiger partial charge is 0.306 e. The number of carbonyl (C=O) groups is 3. The molecule has 0 aromatic rings. The van der Waals surface area contributed by atoms with Gasteiger partial charge < -0.3 is 14.2 Å². The zero-order chi connectivity index (χ0) is 45.8. The number of esters is 3. The number of unbranched alkanes of at least 4 members (excludes halogenated alkanes) is 18. The van der Waals surface area contributed by atoms with Crippen molar-refractivity contribution in [3.63, 3.8) is 0 Å². The Morgan fingerprint density at radius 1 is 0.333 bits per heavy atom. The first kappa shape index (κ1) is 59.3. The van der Waals surface area contributed by atoms with Crippen LogP contribution in [0.1, 0.15) is 226 Å². The second-order valence-electron chi connectivity index (χ2n) is 16.7. The van der Waals surface area contributed by atoms with Gasteiger partial charge in [0.1, 0.15) is 13.2 Å². The highest BCUT2D eigenvalue weighted by Gasteiger charge is 2.19. The predicted octanol–water partition coefficient (Wildman–Crippen LogP) is 17.0. The van der Waals surface area contributed by atoms with Crippen LogP contribution in [0.25, 0.3) is 0 Å². The van der Waals surface area contributed by atoms with Gasteiger partial charge in [-0.25, -0.2) is 0 Å². The minimum absolute atomic E-state index is 0.0983. The Morgan fingerprint density at radius 3 is 1.08 bits per heavy atom. The van der Waals surface area contributed by atoms with Crippen LogP contribution in [0.4, 0.5) is 0 Å². The molecule has 0 fully saturated rings. The standard InChI is InChI=1S/C57H94O6/c1-4-7-10-13-16-19-22-24-25-26-27-28-29-30-31-32-33-34-36-38-41-44-47-50-56(59)62-53-54(52-61-55(58)49-46-43-40-37-21-18-15-12-9-6-3)63-57(60)51-48-45-42-39-35-23-20-17-14-11-8-5-2/h7,10,16-17,19-20,24-25,27-28,30-31,33-34,38,41,54H,4-6,8-9,11-15,18,21-23,26,29,32,35-37,39-40,42-53H2,1-3H3/b10-7-,19-16-,20-17-,25-24-,28-27-,31-30-,34-33-,41-38-. The van der Waals surface area contributed by atoms with Crippen molar-refractivity contribution in [3.8, 4) is 0 Å². The second kappa shape index (κ2) is 51.0. The van der Waals surface area contributed by atoms with Crippen LogP contribution in [0.5, 0.6) is 0 Å². The number of ether oxygens (including phenoxy) is 3. The molecule has 6 heteroatoms. The Kier molecular flexibility index (Phi) is 48.0. The third-order valence-electron chi connectivity index (χ3n) is 10.6. The highest BCUT2D eigenvalue weighted by atomic mass is 16.6. The van der Waals surface area contributed by atoms with Gasteiger partial charge in [-0.15, -0.1) is 0 Å². The SMILES string of the molecule is CC/C=C\C/C=C\C/C=C\C/C=C\C/C=C\C/C=C\C/C=C\CCCC(=O)OCC(COC(=O)CCCCCCCCCCCC)OC(=O)CCCCCCC/C=C\CCCCC. The minimum Gasteiger partial charge on any atom is -0.462 e. The molecule has 0 N–H and O–H groups in total. The molecule has 1 atom stereocenters. The van der Waals surface area contributed by atoms with E-state index in [-0.39, 0.29) is 37.5 Å². The monoisotopic (exact) mass is 875 g/mol. The van der Waals surface area contributed by atoms with Crippen molar-refractivity contribution in [2.24, 2.45) is 0 Å². The van der Waals surface area contributed by atoms with E-state index in [2.05, 4.69) is 118 Å². The molecular formula is C57H94O6. The van der Waals surface area contributed by atoms with E-state index in [4.69, 9.17) is 14.2 Å². The van der Waals surface area contributed by atoms with E-state index in [0.29, 0.717) is 19.3 Å². The molecule has 358 valence electrons. The molecule has 0 saturated heterocycles. The van der Waals surface area contributed by atoms with Gasteiger partial charge in [-0.05, 0) is 96.3 Å². The average Bonchev–Trinajstić information content (AvgIpc) is 3.28. The maximum absolute atomic E-state index is 12.7. The Labute approximate surface area is 387 Å².